The topological polar surface area (TPSA) is 80.4 Å². The Labute approximate surface area is 149 Å². The molecule has 0 aliphatic heterocycles. The molecule has 0 unspecified atom stereocenters. The van der Waals surface area contributed by atoms with Gasteiger partial charge < -0.3 is 15.4 Å². The first-order valence-electron chi connectivity index (χ1n) is 8.46. The minimum absolute atomic E-state index is 0.0439. The second kappa shape index (κ2) is 8.62. The van der Waals surface area contributed by atoms with Crippen LogP contribution in [0.3, 0.4) is 0 Å². The monoisotopic (exact) mass is 344 g/mol. The summed E-state index contributed by atoms with van der Waals surface area (Å²) in [5.74, 6) is 2.44. The molecule has 0 aliphatic rings. The van der Waals surface area contributed by atoms with E-state index < -0.39 is 0 Å². The Balaban J connectivity index is 1.88. The molecule has 0 amide bonds. The Hall–Kier alpha value is -2.41. The second-order valence-corrected chi connectivity index (χ2v) is 6.37. The van der Waals surface area contributed by atoms with Crippen molar-refractivity contribution in [2.24, 2.45) is 0 Å². The van der Waals surface area contributed by atoms with Crippen LogP contribution in [0.2, 0.25) is 0 Å². The van der Waals surface area contributed by atoms with Crippen molar-refractivity contribution in [2.75, 3.05) is 44.9 Å². The lowest BCUT2D eigenvalue weighted by atomic mass is 10.2. The van der Waals surface area contributed by atoms with Gasteiger partial charge in [0.15, 0.2) is 5.82 Å². The number of anilines is 2. The molecule has 0 bridgehead atoms. The Kier molecular flexibility index (Phi) is 6.52. The van der Waals surface area contributed by atoms with Gasteiger partial charge in [0.05, 0.1) is 12.6 Å². The van der Waals surface area contributed by atoms with E-state index in [2.05, 4.69) is 39.8 Å². The summed E-state index contributed by atoms with van der Waals surface area (Å²) in [7, 11) is 5.82. The van der Waals surface area contributed by atoms with Gasteiger partial charge in [-0.2, -0.15) is 15.0 Å². The van der Waals surface area contributed by atoms with Crippen molar-refractivity contribution in [1.82, 2.24) is 19.9 Å². The quantitative estimate of drug-likeness (QED) is 0.736. The van der Waals surface area contributed by atoms with Crippen LogP contribution < -0.4 is 15.4 Å². The maximum absolute atomic E-state index is 5.85. The summed E-state index contributed by atoms with van der Waals surface area (Å²) in [4.78, 5) is 16.9. The first kappa shape index (κ1) is 18.9. The number of nitrogens with two attached hydrogens (primary N) is 1. The zero-order valence-corrected chi connectivity index (χ0v) is 15.7. The number of benzene rings is 1. The molecule has 1 aromatic carbocycles. The molecule has 0 aliphatic carbocycles. The summed E-state index contributed by atoms with van der Waals surface area (Å²) < 4.78 is 5.85. The van der Waals surface area contributed by atoms with Crippen LogP contribution >= 0.6 is 0 Å². The fourth-order valence-electron chi connectivity index (χ4n) is 2.39. The van der Waals surface area contributed by atoms with Crippen LogP contribution in [0.25, 0.3) is 0 Å². The van der Waals surface area contributed by atoms with Gasteiger partial charge in [-0.1, -0.05) is 18.2 Å². The van der Waals surface area contributed by atoms with Gasteiger partial charge in [0.1, 0.15) is 5.75 Å². The number of aryl methyl sites for hydroxylation is 1. The number of para-hydroxylation sites is 1. The fourth-order valence-corrected chi connectivity index (χ4v) is 2.39. The summed E-state index contributed by atoms with van der Waals surface area (Å²) >= 11 is 0. The standard InChI is InChI=1S/C18H28N6O/c1-13-9-6-7-10-15(13)25-12-8-11-24(5)14(2)16-20-17(19)22-18(21-16)23(3)4/h6-7,9-10,14H,8,11-12H2,1-5H3,(H2,19,20,21,22)/t14-/m1/s1. The van der Waals surface area contributed by atoms with E-state index in [4.69, 9.17) is 10.5 Å². The van der Waals surface area contributed by atoms with E-state index in [0.29, 0.717) is 18.4 Å². The number of ether oxygens (including phenoxy) is 1. The van der Waals surface area contributed by atoms with Gasteiger partial charge in [-0.05, 0) is 38.9 Å². The highest BCUT2D eigenvalue weighted by atomic mass is 16.5. The molecular formula is C18H28N6O. The van der Waals surface area contributed by atoms with Crippen molar-refractivity contribution in [1.29, 1.82) is 0 Å². The molecule has 1 heterocycles. The van der Waals surface area contributed by atoms with E-state index in [1.54, 1.807) is 0 Å². The molecule has 7 nitrogen and oxygen atoms in total. The highest BCUT2D eigenvalue weighted by Crippen LogP contribution is 2.19. The second-order valence-electron chi connectivity index (χ2n) is 6.37. The molecule has 1 atom stereocenters. The lowest BCUT2D eigenvalue weighted by Crippen LogP contribution is -2.27. The van der Waals surface area contributed by atoms with Gasteiger partial charge >= 0.3 is 0 Å². The Morgan fingerprint density at radius 1 is 1.12 bits per heavy atom. The van der Waals surface area contributed by atoms with Crippen molar-refractivity contribution >= 4 is 11.9 Å². The molecule has 1 aromatic heterocycles. The van der Waals surface area contributed by atoms with E-state index in [-0.39, 0.29) is 12.0 Å². The molecule has 0 spiro atoms. The van der Waals surface area contributed by atoms with Crippen molar-refractivity contribution in [2.45, 2.75) is 26.3 Å². The minimum Gasteiger partial charge on any atom is -0.493 e. The Morgan fingerprint density at radius 2 is 1.84 bits per heavy atom. The van der Waals surface area contributed by atoms with Crippen molar-refractivity contribution in [3.63, 3.8) is 0 Å². The van der Waals surface area contributed by atoms with Gasteiger partial charge in [0, 0.05) is 20.6 Å². The lowest BCUT2D eigenvalue weighted by molar-refractivity contribution is 0.219. The molecule has 0 fully saturated rings. The van der Waals surface area contributed by atoms with Crippen LogP contribution in [0.4, 0.5) is 11.9 Å². The van der Waals surface area contributed by atoms with E-state index in [9.17, 15) is 0 Å². The fraction of sp³-hybridized carbons (Fsp3) is 0.500. The SMILES string of the molecule is Cc1ccccc1OCCCN(C)[C@H](C)c1nc(N)nc(N(C)C)n1. The number of hydrogen-bond donors (Lipinski definition) is 1. The van der Waals surface area contributed by atoms with Gasteiger partial charge in [-0.15, -0.1) is 0 Å². The first-order chi connectivity index (χ1) is 11.9. The largest absolute Gasteiger partial charge is 0.493 e. The predicted molar refractivity (Wildman–Crippen MR) is 101 cm³/mol. The van der Waals surface area contributed by atoms with Crippen LogP contribution in [0, 0.1) is 6.92 Å². The van der Waals surface area contributed by atoms with Crippen LogP contribution in [-0.2, 0) is 0 Å². The lowest BCUT2D eigenvalue weighted by Gasteiger charge is -2.24. The molecule has 2 aromatic rings. The molecule has 0 radical (unpaired) electrons. The molecule has 25 heavy (non-hydrogen) atoms. The van der Waals surface area contributed by atoms with E-state index in [1.165, 1.54) is 0 Å². The average molecular weight is 344 g/mol. The van der Waals surface area contributed by atoms with Crippen LogP contribution in [-0.4, -0.2) is 54.1 Å². The summed E-state index contributed by atoms with van der Waals surface area (Å²) in [6.07, 6.45) is 0.913. The first-order valence-corrected chi connectivity index (χ1v) is 8.46. The summed E-state index contributed by atoms with van der Waals surface area (Å²) in [6, 6.07) is 8.10. The third-order valence-corrected chi connectivity index (χ3v) is 4.10. The number of hydrogen-bond acceptors (Lipinski definition) is 7. The Bertz CT molecular complexity index is 691. The zero-order chi connectivity index (χ0) is 18.4. The van der Waals surface area contributed by atoms with Gasteiger partial charge in [0.25, 0.3) is 0 Å². The maximum atomic E-state index is 5.85. The molecule has 0 saturated heterocycles. The van der Waals surface area contributed by atoms with Crippen molar-refractivity contribution in [3.05, 3.63) is 35.7 Å². The van der Waals surface area contributed by atoms with Gasteiger partial charge in [-0.25, -0.2) is 0 Å². The number of aromatic nitrogens is 3. The van der Waals surface area contributed by atoms with E-state index in [1.807, 2.05) is 44.2 Å². The van der Waals surface area contributed by atoms with E-state index in [0.717, 1.165) is 24.3 Å². The average Bonchev–Trinajstić information content (AvgIpc) is 2.58. The van der Waals surface area contributed by atoms with E-state index >= 15 is 0 Å². The van der Waals surface area contributed by atoms with Gasteiger partial charge in [-0.3, -0.25) is 4.90 Å². The third kappa shape index (κ3) is 5.29. The summed E-state index contributed by atoms with van der Waals surface area (Å²) in [5, 5.41) is 0. The Morgan fingerprint density at radius 3 is 2.52 bits per heavy atom. The molecule has 7 heteroatoms. The third-order valence-electron chi connectivity index (χ3n) is 4.10. The van der Waals surface area contributed by atoms with Crippen molar-refractivity contribution in [3.8, 4) is 5.75 Å². The molecule has 2 N–H and O–H groups in total. The number of rotatable bonds is 8. The summed E-state index contributed by atoms with van der Waals surface area (Å²) in [6.45, 7) is 5.66. The van der Waals surface area contributed by atoms with Crippen LogP contribution in [0.1, 0.15) is 30.8 Å². The minimum atomic E-state index is 0.0439. The summed E-state index contributed by atoms with van der Waals surface area (Å²) in [5.41, 5.74) is 6.96. The molecule has 0 saturated carbocycles. The zero-order valence-electron chi connectivity index (χ0n) is 15.7. The van der Waals surface area contributed by atoms with Gasteiger partial charge in [0.2, 0.25) is 11.9 Å². The smallest absolute Gasteiger partial charge is 0.229 e. The highest BCUT2D eigenvalue weighted by molar-refractivity contribution is 5.33. The van der Waals surface area contributed by atoms with Crippen molar-refractivity contribution < 1.29 is 4.74 Å². The van der Waals surface area contributed by atoms with Crippen LogP contribution in [0.15, 0.2) is 24.3 Å². The molecule has 136 valence electrons. The highest BCUT2D eigenvalue weighted by Gasteiger charge is 2.17. The predicted octanol–water partition coefficient (Wildman–Crippen LogP) is 2.29. The molecule has 2 rings (SSSR count). The maximum Gasteiger partial charge on any atom is 0.229 e. The molecular weight excluding hydrogens is 316 g/mol. The number of nitrogens with zero attached hydrogens (tertiary/aromatic N) is 5. The normalized spacial score (nSPS) is 12.2. The van der Waals surface area contributed by atoms with Crippen LogP contribution in [0.5, 0.6) is 5.75 Å². The number of nitrogen functional groups attached to an aromatic ring is 1.